The molecule has 0 radical (unpaired) electrons. The summed E-state index contributed by atoms with van der Waals surface area (Å²) < 4.78 is 0. The molecule has 4 heteroatoms. The van der Waals surface area contributed by atoms with Crippen LogP contribution in [0.3, 0.4) is 0 Å². The zero-order valence-corrected chi connectivity index (χ0v) is 9.18. The zero-order valence-electron chi connectivity index (χ0n) is 9.18. The second-order valence-corrected chi connectivity index (χ2v) is 4.21. The molecule has 0 aromatic rings. The molecule has 0 aromatic heterocycles. The SMILES string of the molecule is CCCNC1(C(N)=O)CCCN(C)C1. The fraction of sp³-hybridized carbons (Fsp3) is 0.900. The molecular formula is C10H21N3O. The third-order valence-electron chi connectivity index (χ3n) is 2.87. The number of amides is 1. The minimum atomic E-state index is -0.483. The van der Waals surface area contributed by atoms with E-state index in [2.05, 4.69) is 17.1 Å². The summed E-state index contributed by atoms with van der Waals surface area (Å²) in [6.07, 6.45) is 2.93. The fourth-order valence-corrected chi connectivity index (χ4v) is 2.07. The molecule has 1 rings (SSSR count). The number of likely N-dealkylation sites (tertiary alicyclic amines) is 1. The molecular weight excluding hydrogens is 178 g/mol. The zero-order chi connectivity index (χ0) is 10.6. The molecule has 0 spiro atoms. The highest BCUT2D eigenvalue weighted by molar-refractivity contribution is 5.85. The number of nitrogens with one attached hydrogen (secondary N) is 1. The van der Waals surface area contributed by atoms with Crippen molar-refractivity contribution in [1.82, 2.24) is 10.2 Å². The maximum Gasteiger partial charge on any atom is 0.239 e. The number of nitrogens with zero attached hydrogens (tertiary/aromatic N) is 1. The Kier molecular flexibility index (Phi) is 3.89. The van der Waals surface area contributed by atoms with Gasteiger partial charge in [-0.15, -0.1) is 0 Å². The Bertz CT molecular complexity index is 208. The molecule has 1 unspecified atom stereocenters. The summed E-state index contributed by atoms with van der Waals surface area (Å²) in [6, 6.07) is 0. The predicted molar refractivity (Wildman–Crippen MR) is 57.0 cm³/mol. The van der Waals surface area contributed by atoms with Crippen LogP contribution in [0, 0.1) is 0 Å². The van der Waals surface area contributed by atoms with Crippen molar-refractivity contribution in [1.29, 1.82) is 0 Å². The topological polar surface area (TPSA) is 58.4 Å². The van der Waals surface area contributed by atoms with E-state index in [1.165, 1.54) is 0 Å². The summed E-state index contributed by atoms with van der Waals surface area (Å²) in [5.74, 6) is -0.211. The maximum atomic E-state index is 11.5. The number of rotatable bonds is 4. The predicted octanol–water partition coefficient (Wildman–Crippen LogP) is -0.0643. The van der Waals surface area contributed by atoms with E-state index in [9.17, 15) is 4.79 Å². The summed E-state index contributed by atoms with van der Waals surface area (Å²) in [5, 5.41) is 3.30. The first kappa shape index (κ1) is 11.5. The second-order valence-electron chi connectivity index (χ2n) is 4.21. The van der Waals surface area contributed by atoms with Gasteiger partial charge in [0, 0.05) is 6.54 Å². The van der Waals surface area contributed by atoms with Crippen molar-refractivity contribution in [3.63, 3.8) is 0 Å². The van der Waals surface area contributed by atoms with Gasteiger partial charge in [0.25, 0.3) is 0 Å². The number of carbonyl (C=O) groups is 1. The van der Waals surface area contributed by atoms with Crippen molar-refractivity contribution < 1.29 is 4.79 Å². The minimum Gasteiger partial charge on any atom is -0.368 e. The van der Waals surface area contributed by atoms with Crippen LogP contribution >= 0.6 is 0 Å². The highest BCUT2D eigenvalue weighted by atomic mass is 16.1. The van der Waals surface area contributed by atoms with Gasteiger partial charge in [0.05, 0.1) is 0 Å². The molecule has 4 nitrogen and oxygen atoms in total. The third kappa shape index (κ3) is 2.45. The normalized spacial score (nSPS) is 29.0. The molecule has 0 bridgehead atoms. The van der Waals surface area contributed by atoms with Crippen LogP contribution < -0.4 is 11.1 Å². The van der Waals surface area contributed by atoms with Crippen molar-refractivity contribution in [2.45, 2.75) is 31.7 Å². The number of carbonyl (C=O) groups excluding carboxylic acids is 1. The lowest BCUT2D eigenvalue weighted by Crippen LogP contribution is -2.63. The van der Waals surface area contributed by atoms with Gasteiger partial charge in [-0.3, -0.25) is 4.79 Å². The summed E-state index contributed by atoms with van der Waals surface area (Å²) in [6.45, 7) is 4.75. The first-order valence-corrected chi connectivity index (χ1v) is 5.34. The Hall–Kier alpha value is -0.610. The average molecular weight is 199 g/mol. The van der Waals surface area contributed by atoms with Gasteiger partial charge in [0.15, 0.2) is 0 Å². The first-order chi connectivity index (χ1) is 6.60. The van der Waals surface area contributed by atoms with E-state index in [0.29, 0.717) is 0 Å². The molecule has 3 N–H and O–H groups in total. The molecule has 0 aromatic carbocycles. The van der Waals surface area contributed by atoms with E-state index >= 15 is 0 Å². The van der Waals surface area contributed by atoms with Crippen molar-refractivity contribution in [3.05, 3.63) is 0 Å². The van der Waals surface area contributed by atoms with Gasteiger partial charge < -0.3 is 16.0 Å². The quantitative estimate of drug-likeness (QED) is 0.666. The number of hydrogen-bond acceptors (Lipinski definition) is 3. The maximum absolute atomic E-state index is 11.5. The highest BCUT2D eigenvalue weighted by Gasteiger charge is 2.38. The van der Waals surface area contributed by atoms with Crippen molar-refractivity contribution >= 4 is 5.91 Å². The molecule has 1 amide bonds. The lowest BCUT2D eigenvalue weighted by atomic mass is 9.88. The Morgan fingerprint density at radius 3 is 2.86 bits per heavy atom. The van der Waals surface area contributed by atoms with Gasteiger partial charge in [0.1, 0.15) is 5.54 Å². The summed E-state index contributed by atoms with van der Waals surface area (Å²) in [5.41, 5.74) is 4.99. The summed E-state index contributed by atoms with van der Waals surface area (Å²) in [7, 11) is 2.03. The van der Waals surface area contributed by atoms with E-state index in [1.54, 1.807) is 0 Å². The van der Waals surface area contributed by atoms with E-state index in [4.69, 9.17) is 5.73 Å². The van der Waals surface area contributed by atoms with Crippen LogP contribution in [0.5, 0.6) is 0 Å². The van der Waals surface area contributed by atoms with Crippen LogP contribution in [0.15, 0.2) is 0 Å². The molecule has 1 atom stereocenters. The molecule has 1 fully saturated rings. The lowest BCUT2D eigenvalue weighted by Gasteiger charge is -2.39. The molecule has 1 aliphatic rings. The Labute approximate surface area is 85.8 Å². The second kappa shape index (κ2) is 4.75. The van der Waals surface area contributed by atoms with E-state index in [0.717, 1.165) is 38.9 Å². The standard InChI is InChI=1S/C10H21N3O/c1-3-6-12-10(9(11)14)5-4-7-13(2)8-10/h12H,3-8H2,1-2H3,(H2,11,14). The van der Waals surface area contributed by atoms with Crippen LogP contribution in [-0.2, 0) is 4.79 Å². The number of piperidine rings is 1. The highest BCUT2D eigenvalue weighted by Crippen LogP contribution is 2.19. The third-order valence-corrected chi connectivity index (χ3v) is 2.87. The smallest absolute Gasteiger partial charge is 0.239 e. The molecule has 0 saturated carbocycles. The molecule has 1 saturated heterocycles. The van der Waals surface area contributed by atoms with E-state index in [-0.39, 0.29) is 5.91 Å². The molecule has 82 valence electrons. The van der Waals surface area contributed by atoms with Crippen LogP contribution in [-0.4, -0.2) is 43.0 Å². The number of primary amides is 1. The van der Waals surface area contributed by atoms with Gasteiger partial charge in [-0.1, -0.05) is 6.92 Å². The van der Waals surface area contributed by atoms with Crippen molar-refractivity contribution in [3.8, 4) is 0 Å². The fourth-order valence-electron chi connectivity index (χ4n) is 2.07. The van der Waals surface area contributed by atoms with Crippen LogP contribution in [0.25, 0.3) is 0 Å². The van der Waals surface area contributed by atoms with Crippen LogP contribution in [0.4, 0.5) is 0 Å². The Morgan fingerprint density at radius 1 is 1.64 bits per heavy atom. The largest absolute Gasteiger partial charge is 0.368 e. The first-order valence-electron chi connectivity index (χ1n) is 5.34. The number of hydrogen-bond donors (Lipinski definition) is 2. The average Bonchev–Trinajstić information content (AvgIpc) is 2.14. The van der Waals surface area contributed by atoms with E-state index in [1.807, 2.05) is 7.05 Å². The summed E-state index contributed by atoms with van der Waals surface area (Å²) >= 11 is 0. The molecule has 1 heterocycles. The minimum absolute atomic E-state index is 0.211. The number of nitrogens with two attached hydrogens (primary N) is 1. The van der Waals surface area contributed by atoms with Gasteiger partial charge in [-0.2, -0.15) is 0 Å². The van der Waals surface area contributed by atoms with Gasteiger partial charge in [-0.05, 0) is 39.4 Å². The summed E-state index contributed by atoms with van der Waals surface area (Å²) in [4.78, 5) is 13.6. The molecule has 14 heavy (non-hydrogen) atoms. The van der Waals surface area contributed by atoms with Crippen molar-refractivity contribution in [2.24, 2.45) is 5.73 Å². The van der Waals surface area contributed by atoms with Gasteiger partial charge in [-0.25, -0.2) is 0 Å². The number of likely N-dealkylation sites (N-methyl/N-ethyl adjacent to an activating group) is 1. The Balaban J connectivity index is 2.65. The van der Waals surface area contributed by atoms with Gasteiger partial charge >= 0.3 is 0 Å². The monoisotopic (exact) mass is 199 g/mol. The molecule has 0 aliphatic carbocycles. The van der Waals surface area contributed by atoms with Crippen LogP contribution in [0.1, 0.15) is 26.2 Å². The van der Waals surface area contributed by atoms with Gasteiger partial charge in [0.2, 0.25) is 5.91 Å². The Morgan fingerprint density at radius 2 is 2.36 bits per heavy atom. The van der Waals surface area contributed by atoms with E-state index < -0.39 is 5.54 Å². The lowest BCUT2D eigenvalue weighted by molar-refractivity contribution is -0.126. The van der Waals surface area contributed by atoms with Crippen LogP contribution in [0.2, 0.25) is 0 Å². The van der Waals surface area contributed by atoms with Crippen molar-refractivity contribution in [2.75, 3.05) is 26.7 Å². The molecule has 1 aliphatic heterocycles.